The van der Waals surface area contributed by atoms with Crippen LogP contribution in [0.15, 0.2) is 11.6 Å². The van der Waals surface area contributed by atoms with Gasteiger partial charge >= 0.3 is 23.9 Å². The van der Waals surface area contributed by atoms with Crippen LogP contribution in [0, 0.1) is 23.2 Å². The Morgan fingerprint density at radius 1 is 1.11 bits per heavy atom. The summed E-state index contributed by atoms with van der Waals surface area (Å²) in [5.74, 6) is -5.71. The van der Waals surface area contributed by atoms with Gasteiger partial charge in [0.25, 0.3) is 0 Å². The van der Waals surface area contributed by atoms with Gasteiger partial charge in [-0.2, -0.15) is 0 Å². The molecule has 1 saturated heterocycles. The van der Waals surface area contributed by atoms with E-state index in [1.165, 1.54) is 19.9 Å². The van der Waals surface area contributed by atoms with Crippen molar-refractivity contribution in [1.29, 1.82) is 0 Å². The first-order valence-electron chi connectivity index (χ1n) is 11.5. The maximum Gasteiger partial charge on any atom is 0.342 e. The molecule has 0 bridgehead atoms. The number of carbonyl (C=O) groups is 5. The van der Waals surface area contributed by atoms with Crippen LogP contribution >= 0.6 is 0 Å². The molecule has 3 rings (SSSR count). The van der Waals surface area contributed by atoms with E-state index in [1.54, 1.807) is 13.8 Å². The molecule has 194 valence electrons. The maximum atomic E-state index is 12.9. The highest BCUT2D eigenvalue weighted by Gasteiger charge is 2.71. The molecule has 35 heavy (non-hydrogen) atoms. The van der Waals surface area contributed by atoms with E-state index in [0.29, 0.717) is 0 Å². The number of ketones is 1. The van der Waals surface area contributed by atoms with Crippen molar-refractivity contribution in [2.75, 3.05) is 13.2 Å². The van der Waals surface area contributed by atoms with Gasteiger partial charge in [-0.3, -0.25) is 14.4 Å². The molecule has 2 N–H and O–H groups in total. The van der Waals surface area contributed by atoms with Crippen LogP contribution in [0.1, 0.15) is 47.5 Å². The lowest BCUT2D eigenvalue weighted by molar-refractivity contribution is -0.206. The quantitative estimate of drug-likeness (QED) is 0.294. The molecule has 0 radical (unpaired) electrons. The first-order valence-corrected chi connectivity index (χ1v) is 11.5. The lowest BCUT2D eigenvalue weighted by Gasteiger charge is -2.56. The molecule has 0 spiro atoms. The molecule has 2 aliphatic carbocycles. The third-order valence-corrected chi connectivity index (χ3v) is 7.61. The van der Waals surface area contributed by atoms with Gasteiger partial charge in [0.05, 0.1) is 12.0 Å². The summed E-state index contributed by atoms with van der Waals surface area (Å²) in [7, 11) is 0. The minimum Gasteiger partial charge on any atom is -0.462 e. The Morgan fingerprint density at radius 3 is 2.34 bits per heavy atom. The molecule has 3 aliphatic rings. The first kappa shape index (κ1) is 26.8. The van der Waals surface area contributed by atoms with Crippen molar-refractivity contribution in [2.45, 2.75) is 71.4 Å². The van der Waals surface area contributed by atoms with E-state index in [0.717, 1.165) is 6.92 Å². The highest BCUT2D eigenvalue weighted by Crippen LogP contribution is 2.58. The van der Waals surface area contributed by atoms with Gasteiger partial charge in [-0.1, -0.05) is 13.8 Å². The Kier molecular flexibility index (Phi) is 7.42. The van der Waals surface area contributed by atoms with Gasteiger partial charge in [0.15, 0.2) is 0 Å². The maximum absolute atomic E-state index is 12.9. The Morgan fingerprint density at radius 2 is 1.74 bits per heavy atom. The molecule has 8 atom stereocenters. The summed E-state index contributed by atoms with van der Waals surface area (Å²) in [6, 6.07) is 0. The Bertz CT molecular complexity index is 955. The zero-order chi connectivity index (χ0) is 26.3. The molecule has 0 aromatic heterocycles. The summed E-state index contributed by atoms with van der Waals surface area (Å²) in [6.07, 6.45) is -1.99. The molecule has 3 fully saturated rings. The minimum absolute atomic E-state index is 0.0274. The molecular formula is C24H32O11. The SMILES string of the molecule is CC(=O)OC/C=C(/C)C(=O)O[C@@H]1C[C@]2(C)[C@@H]([C@H]3OC(=O)[C@](O)(COC(C)=O)[C@@H]31)[C@H](C)C(=O)C[C@H]2O. The second-order valence-corrected chi connectivity index (χ2v) is 9.94. The number of hydrogen-bond donors (Lipinski definition) is 2. The normalized spacial score (nSPS) is 38.7. The van der Waals surface area contributed by atoms with Crippen molar-refractivity contribution < 1.29 is 53.1 Å². The largest absolute Gasteiger partial charge is 0.462 e. The van der Waals surface area contributed by atoms with Crippen LogP contribution in [0.4, 0.5) is 0 Å². The lowest BCUT2D eigenvalue weighted by atomic mass is 9.50. The number of Topliss-reactive ketones (excluding diaryl/α,β-unsaturated/α-hetero) is 1. The summed E-state index contributed by atoms with van der Waals surface area (Å²) >= 11 is 0. The van der Waals surface area contributed by atoms with E-state index in [9.17, 15) is 34.2 Å². The van der Waals surface area contributed by atoms with E-state index < -0.39 is 77.6 Å². The van der Waals surface area contributed by atoms with Gasteiger partial charge in [-0.15, -0.1) is 0 Å². The highest BCUT2D eigenvalue weighted by atomic mass is 16.6. The fourth-order valence-corrected chi connectivity index (χ4v) is 5.70. The molecule has 0 unspecified atom stereocenters. The molecule has 0 amide bonds. The second-order valence-electron chi connectivity index (χ2n) is 9.94. The third kappa shape index (κ3) is 4.84. The van der Waals surface area contributed by atoms with E-state index in [2.05, 4.69) is 0 Å². The number of ether oxygens (including phenoxy) is 4. The third-order valence-electron chi connectivity index (χ3n) is 7.61. The Hall–Kier alpha value is -2.79. The monoisotopic (exact) mass is 496 g/mol. The average molecular weight is 497 g/mol. The number of hydrogen-bond acceptors (Lipinski definition) is 11. The first-order chi connectivity index (χ1) is 16.2. The molecule has 1 heterocycles. The standard InChI is InChI=1S/C24H32O11/c1-11(6-7-32-13(3)25)21(29)34-16-9-23(5)17(28)8-15(27)12(2)18(23)20-19(16)24(31,22(30)35-20)10-33-14(4)26/h6,12,16-20,28,31H,7-10H2,1-5H3/b11-6-/t12-,16-,17-,18-,19-,20-,23+,24+/m1/s1. The van der Waals surface area contributed by atoms with Crippen molar-refractivity contribution in [1.82, 2.24) is 0 Å². The van der Waals surface area contributed by atoms with E-state index >= 15 is 0 Å². The Balaban J connectivity index is 1.98. The molecular weight excluding hydrogens is 464 g/mol. The van der Waals surface area contributed by atoms with Crippen molar-refractivity contribution >= 4 is 29.7 Å². The predicted molar refractivity (Wildman–Crippen MR) is 116 cm³/mol. The minimum atomic E-state index is -2.32. The van der Waals surface area contributed by atoms with Gasteiger partial charge in [-0.25, -0.2) is 9.59 Å². The number of esters is 4. The number of fused-ring (bicyclic) bond motifs is 3. The van der Waals surface area contributed by atoms with Gasteiger partial charge < -0.3 is 29.2 Å². The average Bonchev–Trinajstić information content (AvgIpc) is 3.01. The number of carbonyl (C=O) groups excluding carboxylic acids is 5. The van der Waals surface area contributed by atoms with E-state index in [4.69, 9.17) is 18.9 Å². The zero-order valence-corrected chi connectivity index (χ0v) is 20.4. The van der Waals surface area contributed by atoms with Crippen molar-refractivity contribution in [3.8, 4) is 0 Å². The van der Waals surface area contributed by atoms with E-state index in [1.807, 2.05) is 0 Å². The van der Waals surface area contributed by atoms with Crippen LogP contribution in [0.2, 0.25) is 0 Å². The van der Waals surface area contributed by atoms with Gasteiger partial charge in [0, 0.05) is 43.1 Å². The summed E-state index contributed by atoms with van der Waals surface area (Å²) < 4.78 is 21.0. The van der Waals surface area contributed by atoms with Crippen LogP contribution in [0.5, 0.6) is 0 Å². The summed E-state index contributed by atoms with van der Waals surface area (Å²) in [5.41, 5.74) is -3.16. The van der Waals surface area contributed by atoms with E-state index in [-0.39, 0.29) is 30.8 Å². The number of aliphatic hydroxyl groups is 2. The molecule has 11 nitrogen and oxygen atoms in total. The van der Waals surface area contributed by atoms with Gasteiger partial charge in [0.2, 0.25) is 5.60 Å². The molecule has 1 aliphatic heterocycles. The van der Waals surface area contributed by atoms with Gasteiger partial charge in [0.1, 0.15) is 31.2 Å². The highest BCUT2D eigenvalue weighted by molar-refractivity contribution is 5.88. The molecule has 0 aromatic carbocycles. The van der Waals surface area contributed by atoms with Crippen molar-refractivity contribution in [2.24, 2.45) is 23.2 Å². The van der Waals surface area contributed by atoms with Crippen LogP contribution in [-0.4, -0.2) is 77.0 Å². The summed E-state index contributed by atoms with van der Waals surface area (Å²) in [5, 5.41) is 22.2. The van der Waals surface area contributed by atoms with Crippen LogP contribution < -0.4 is 0 Å². The topological polar surface area (TPSA) is 163 Å². The summed E-state index contributed by atoms with van der Waals surface area (Å²) in [4.78, 5) is 60.7. The predicted octanol–water partition coefficient (Wildman–Crippen LogP) is 0.239. The van der Waals surface area contributed by atoms with Crippen LogP contribution in [0.25, 0.3) is 0 Å². The van der Waals surface area contributed by atoms with Crippen LogP contribution in [0.3, 0.4) is 0 Å². The van der Waals surface area contributed by atoms with Gasteiger partial charge in [-0.05, 0) is 19.4 Å². The molecule has 11 heteroatoms. The smallest absolute Gasteiger partial charge is 0.342 e. The fraction of sp³-hybridized carbons (Fsp3) is 0.708. The number of aliphatic hydroxyl groups excluding tert-OH is 1. The van der Waals surface area contributed by atoms with Crippen molar-refractivity contribution in [3.63, 3.8) is 0 Å². The van der Waals surface area contributed by atoms with Crippen LogP contribution in [-0.2, 0) is 42.9 Å². The molecule has 2 saturated carbocycles. The Labute approximate surface area is 202 Å². The zero-order valence-electron chi connectivity index (χ0n) is 20.4. The van der Waals surface area contributed by atoms with Crippen molar-refractivity contribution in [3.05, 3.63) is 11.6 Å². The second kappa shape index (κ2) is 9.69. The summed E-state index contributed by atoms with van der Waals surface area (Å²) in [6.45, 7) is 6.35. The number of rotatable bonds is 6. The fourth-order valence-electron chi connectivity index (χ4n) is 5.70. The molecule has 0 aromatic rings. The lowest BCUT2D eigenvalue weighted by Crippen LogP contribution is -2.65.